The van der Waals surface area contributed by atoms with Crippen LogP contribution in [0.5, 0.6) is 0 Å². The average molecular weight is 470 g/mol. The van der Waals surface area contributed by atoms with Gasteiger partial charge in [0.2, 0.25) is 5.95 Å². The first kappa shape index (κ1) is 21.1. The summed E-state index contributed by atoms with van der Waals surface area (Å²) in [4.78, 5) is 20.5. The van der Waals surface area contributed by atoms with Crippen molar-refractivity contribution >= 4 is 40.7 Å². The van der Waals surface area contributed by atoms with Crippen LogP contribution in [0.3, 0.4) is 0 Å². The molecule has 0 atom stereocenters. The summed E-state index contributed by atoms with van der Waals surface area (Å²) in [7, 11) is 0. The van der Waals surface area contributed by atoms with Gasteiger partial charge in [-0.2, -0.15) is 18.3 Å². The lowest BCUT2D eigenvalue weighted by atomic mass is 10.2. The second kappa shape index (κ2) is 7.82. The number of amides is 1. The zero-order valence-corrected chi connectivity index (χ0v) is 17.2. The van der Waals surface area contributed by atoms with Crippen molar-refractivity contribution in [2.75, 3.05) is 5.32 Å². The van der Waals surface area contributed by atoms with Crippen molar-refractivity contribution in [2.45, 2.75) is 19.6 Å². The molecule has 1 aromatic carbocycles. The first-order chi connectivity index (χ1) is 14.6. The SMILES string of the molecule is Cc1cc(C(F)(F)F)n2nc(C(=O)Nc3ncn(Cc4ccc(Cl)cc4)n3)c(Cl)c2n1. The van der Waals surface area contributed by atoms with Gasteiger partial charge in [-0.3, -0.25) is 10.1 Å². The van der Waals surface area contributed by atoms with Crippen molar-refractivity contribution in [2.24, 2.45) is 0 Å². The maximum atomic E-state index is 13.3. The molecule has 160 valence electrons. The standard InChI is InChI=1S/C18H12Cl2F3N7O/c1-9-6-12(18(21,22)23)30-15(25-9)13(20)14(27-30)16(31)26-17-24-8-29(28-17)7-10-2-4-11(19)5-3-10/h2-6,8H,7H2,1H3,(H,26,28,31). The molecule has 0 spiro atoms. The normalized spacial score (nSPS) is 11.8. The Morgan fingerprint density at radius 2 is 1.87 bits per heavy atom. The molecule has 31 heavy (non-hydrogen) atoms. The van der Waals surface area contributed by atoms with Crippen LogP contribution in [-0.4, -0.2) is 35.3 Å². The van der Waals surface area contributed by atoms with Crippen LogP contribution in [0.4, 0.5) is 19.1 Å². The van der Waals surface area contributed by atoms with E-state index in [2.05, 4.69) is 25.5 Å². The number of hydrogen-bond donors (Lipinski definition) is 1. The topological polar surface area (TPSA) is 90.0 Å². The number of halogens is 5. The van der Waals surface area contributed by atoms with Crippen LogP contribution in [0, 0.1) is 6.92 Å². The van der Waals surface area contributed by atoms with Crippen LogP contribution in [-0.2, 0) is 12.7 Å². The molecule has 13 heteroatoms. The van der Waals surface area contributed by atoms with Crippen molar-refractivity contribution < 1.29 is 18.0 Å². The Hall–Kier alpha value is -3.18. The van der Waals surface area contributed by atoms with Gasteiger partial charge in [0, 0.05) is 10.7 Å². The Kier molecular flexibility index (Phi) is 5.31. The van der Waals surface area contributed by atoms with Crippen LogP contribution in [0.2, 0.25) is 10.0 Å². The van der Waals surface area contributed by atoms with E-state index in [1.165, 1.54) is 17.9 Å². The molecular weight excluding hydrogens is 458 g/mol. The number of aromatic nitrogens is 6. The lowest BCUT2D eigenvalue weighted by molar-refractivity contribution is -0.142. The molecule has 4 aromatic rings. The van der Waals surface area contributed by atoms with Crippen molar-refractivity contribution in [1.82, 2.24) is 29.4 Å². The van der Waals surface area contributed by atoms with Gasteiger partial charge in [-0.15, -0.1) is 5.10 Å². The highest BCUT2D eigenvalue weighted by atomic mass is 35.5. The molecule has 0 saturated carbocycles. The lowest BCUT2D eigenvalue weighted by Crippen LogP contribution is -2.16. The Balaban J connectivity index is 1.58. The molecule has 1 amide bonds. The van der Waals surface area contributed by atoms with Gasteiger partial charge >= 0.3 is 6.18 Å². The molecule has 1 N–H and O–H groups in total. The smallest absolute Gasteiger partial charge is 0.288 e. The number of rotatable bonds is 4. The quantitative estimate of drug-likeness (QED) is 0.482. The van der Waals surface area contributed by atoms with E-state index in [1.807, 2.05) is 12.1 Å². The molecule has 3 aromatic heterocycles. The predicted octanol–water partition coefficient (Wildman–Crippen LogP) is 4.26. The van der Waals surface area contributed by atoms with E-state index in [4.69, 9.17) is 23.2 Å². The van der Waals surface area contributed by atoms with Gasteiger partial charge in [-0.1, -0.05) is 35.3 Å². The van der Waals surface area contributed by atoms with Crippen LogP contribution in [0.25, 0.3) is 5.65 Å². The Bertz CT molecular complexity index is 1280. The fraction of sp³-hybridized carbons (Fsp3) is 0.167. The Morgan fingerprint density at radius 3 is 2.55 bits per heavy atom. The minimum Gasteiger partial charge on any atom is -0.288 e. The summed E-state index contributed by atoms with van der Waals surface area (Å²) >= 11 is 12.0. The minimum atomic E-state index is -4.71. The number of nitrogens with one attached hydrogen (secondary N) is 1. The third-order valence-corrected chi connectivity index (χ3v) is 4.79. The molecular formula is C18H12Cl2F3N7O. The second-order valence-corrected chi connectivity index (χ2v) is 7.34. The number of aryl methyl sites for hydroxylation is 1. The predicted molar refractivity (Wildman–Crippen MR) is 106 cm³/mol. The summed E-state index contributed by atoms with van der Waals surface area (Å²) in [6.45, 7) is 1.75. The summed E-state index contributed by atoms with van der Waals surface area (Å²) in [5.41, 5.74) is -0.825. The molecule has 0 aliphatic heterocycles. The third-order valence-electron chi connectivity index (χ3n) is 4.19. The monoisotopic (exact) mass is 469 g/mol. The largest absolute Gasteiger partial charge is 0.433 e. The fourth-order valence-corrected chi connectivity index (χ4v) is 3.20. The molecule has 3 heterocycles. The van der Waals surface area contributed by atoms with Crippen molar-refractivity contribution in [1.29, 1.82) is 0 Å². The molecule has 0 aliphatic carbocycles. The number of benzene rings is 1. The molecule has 0 bridgehead atoms. The first-order valence-electron chi connectivity index (χ1n) is 8.70. The van der Waals surface area contributed by atoms with Crippen molar-refractivity contribution in [3.63, 3.8) is 0 Å². The summed E-state index contributed by atoms with van der Waals surface area (Å²) < 4.78 is 42.0. The van der Waals surface area contributed by atoms with E-state index < -0.39 is 23.5 Å². The van der Waals surface area contributed by atoms with E-state index in [-0.39, 0.29) is 22.3 Å². The lowest BCUT2D eigenvalue weighted by Gasteiger charge is -2.09. The van der Waals surface area contributed by atoms with Crippen molar-refractivity contribution in [3.8, 4) is 0 Å². The number of carbonyl (C=O) groups is 1. The summed E-state index contributed by atoms with van der Waals surface area (Å²) in [6, 6.07) is 7.90. The maximum absolute atomic E-state index is 13.3. The van der Waals surface area contributed by atoms with E-state index in [0.29, 0.717) is 16.1 Å². The summed E-state index contributed by atoms with van der Waals surface area (Å²) in [5, 5.41) is 10.5. The highest BCUT2D eigenvalue weighted by Gasteiger charge is 2.36. The van der Waals surface area contributed by atoms with Gasteiger partial charge in [0.15, 0.2) is 11.3 Å². The van der Waals surface area contributed by atoms with Gasteiger partial charge in [-0.25, -0.2) is 19.2 Å². The third kappa shape index (κ3) is 4.32. The molecule has 0 radical (unpaired) electrons. The van der Waals surface area contributed by atoms with E-state index in [1.54, 1.807) is 12.1 Å². The van der Waals surface area contributed by atoms with E-state index >= 15 is 0 Å². The number of nitrogens with zero attached hydrogens (tertiary/aromatic N) is 6. The van der Waals surface area contributed by atoms with Crippen LogP contribution < -0.4 is 5.32 Å². The maximum Gasteiger partial charge on any atom is 0.433 e. The fourth-order valence-electron chi connectivity index (χ4n) is 2.83. The minimum absolute atomic E-state index is 0.0627. The highest BCUT2D eigenvalue weighted by molar-refractivity contribution is 6.37. The molecule has 4 rings (SSSR count). The molecule has 0 aliphatic rings. The highest BCUT2D eigenvalue weighted by Crippen LogP contribution is 2.32. The Labute approximate surface area is 182 Å². The van der Waals surface area contributed by atoms with Crippen LogP contribution in [0.1, 0.15) is 27.4 Å². The van der Waals surface area contributed by atoms with Gasteiger partial charge in [-0.05, 0) is 30.7 Å². The number of fused-ring (bicyclic) bond motifs is 1. The Morgan fingerprint density at radius 1 is 1.16 bits per heavy atom. The summed E-state index contributed by atoms with van der Waals surface area (Å²) in [5.74, 6) is -0.933. The van der Waals surface area contributed by atoms with Gasteiger partial charge in [0.05, 0.1) is 6.54 Å². The van der Waals surface area contributed by atoms with Crippen molar-refractivity contribution in [3.05, 3.63) is 69.3 Å². The zero-order valence-electron chi connectivity index (χ0n) is 15.7. The number of carbonyl (C=O) groups excluding carboxylic acids is 1. The van der Waals surface area contributed by atoms with Crippen LogP contribution in [0.15, 0.2) is 36.7 Å². The van der Waals surface area contributed by atoms with Crippen LogP contribution >= 0.6 is 23.2 Å². The molecule has 0 saturated heterocycles. The summed E-state index contributed by atoms with van der Waals surface area (Å²) in [6.07, 6.45) is -3.32. The average Bonchev–Trinajstić information content (AvgIpc) is 3.27. The molecule has 0 fully saturated rings. The van der Waals surface area contributed by atoms with Gasteiger partial charge in [0.1, 0.15) is 17.0 Å². The van der Waals surface area contributed by atoms with E-state index in [9.17, 15) is 18.0 Å². The molecule has 0 unspecified atom stereocenters. The van der Waals surface area contributed by atoms with Gasteiger partial charge in [0.25, 0.3) is 5.91 Å². The van der Waals surface area contributed by atoms with E-state index in [0.717, 1.165) is 11.6 Å². The zero-order chi connectivity index (χ0) is 22.3. The number of hydrogen-bond acceptors (Lipinski definition) is 5. The number of anilines is 1. The molecule has 8 nitrogen and oxygen atoms in total. The first-order valence-corrected chi connectivity index (χ1v) is 9.46. The van der Waals surface area contributed by atoms with Gasteiger partial charge < -0.3 is 0 Å². The number of alkyl halides is 3. The second-order valence-electron chi connectivity index (χ2n) is 6.52.